The molecule has 0 atom stereocenters. The molecule has 1 spiro atoms. The van der Waals surface area contributed by atoms with Gasteiger partial charge >= 0.3 is 0 Å². The second-order valence-corrected chi connectivity index (χ2v) is 18.9. The van der Waals surface area contributed by atoms with Gasteiger partial charge in [0.15, 0.2) is 0 Å². The highest BCUT2D eigenvalue weighted by molar-refractivity contribution is 6.11. The van der Waals surface area contributed by atoms with Crippen LogP contribution in [0.25, 0.3) is 71.6 Å². The first-order valence-corrected chi connectivity index (χ1v) is 24.4. The maximum Gasteiger partial charge on any atom is 0.0726 e. The van der Waals surface area contributed by atoms with Crippen molar-refractivity contribution in [3.05, 3.63) is 288 Å². The van der Waals surface area contributed by atoms with Crippen LogP contribution in [0.2, 0.25) is 0 Å². The molecule has 0 unspecified atom stereocenters. The minimum absolute atomic E-state index is 0.448. The first-order chi connectivity index (χ1) is 34.5. The molecule has 0 amide bonds. The molecule has 0 aliphatic heterocycles. The molecule has 1 heterocycles. The van der Waals surface area contributed by atoms with Crippen molar-refractivity contribution in [2.75, 3.05) is 4.90 Å². The molecular weight excluding hydrogens is 845 g/mol. The van der Waals surface area contributed by atoms with Crippen LogP contribution in [0, 0.1) is 20.8 Å². The van der Waals surface area contributed by atoms with E-state index >= 15 is 0 Å². The summed E-state index contributed by atoms with van der Waals surface area (Å²) in [7, 11) is 0. The lowest BCUT2D eigenvalue weighted by Gasteiger charge is -2.33. The second kappa shape index (κ2) is 16.5. The topological polar surface area (TPSA) is 8.17 Å². The van der Waals surface area contributed by atoms with E-state index in [4.69, 9.17) is 0 Å². The number of hydrogen-bond donors (Lipinski definition) is 0. The number of aryl methyl sites for hydroxylation is 3. The number of fused-ring (bicyclic) bond motifs is 14. The number of aromatic nitrogens is 1. The molecule has 70 heavy (non-hydrogen) atoms. The number of nitrogens with zero attached hydrogens (tertiary/aromatic N) is 2. The van der Waals surface area contributed by atoms with Gasteiger partial charge in [-0.15, -0.1) is 0 Å². The molecule has 0 saturated heterocycles. The third kappa shape index (κ3) is 6.20. The molecule has 0 saturated carbocycles. The molecular formula is C68H50N2. The quantitative estimate of drug-likeness (QED) is 0.167. The SMILES string of the molecule is Cc1cccc2ccccc12.Cc1ccccc1-c1c(C)cccc1N(c1ccc2c3ccccc3n(-c3ccccc3)c2c1)c1cccc2c1-c1ccccc1C21c2ccccc2-c2ccccc21. The lowest BCUT2D eigenvalue weighted by molar-refractivity contribution is 0.794. The van der Waals surface area contributed by atoms with E-state index in [0.29, 0.717) is 0 Å². The van der Waals surface area contributed by atoms with E-state index < -0.39 is 5.41 Å². The summed E-state index contributed by atoms with van der Waals surface area (Å²) >= 11 is 0. The molecule has 332 valence electrons. The van der Waals surface area contributed by atoms with E-state index in [-0.39, 0.29) is 0 Å². The van der Waals surface area contributed by atoms with Crippen molar-refractivity contribution < 1.29 is 0 Å². The summed E-state index contributed by atoms with van der Waals surface area (Å²) in [5.74, 6) is 0. The van der Waals surface area contributed by atoms with E-state index in [1.165, 1.54) is 105 Å². The van der Waals surface area contributed by atoms with Gasteiger partial charge in [0.2, 0.25) is 0 Å². The zero-order valence-electron chi connectivity index (χ0n) is 39.6. The molecule has 0 fully saturated rings. The molecule has 2 aliphatic rings. The molecule has 11 aromatic carbocycles. The van der Waals surface area contributed by atoms with Crippen LogP contribution in [0.4, 0.5) is 17.1 Å². The molecule has 2 nitrogen and oxygen atoms in total. The van der Waals surface area contributed by atoms with Crippen LogP contribution in [0.1, 0.15) is 38.9 Å². The van der Waals surface area contributed by atoms with E-state index in [1.807, 2.05) is 0 Å². The van der Waals surface area contributed by atoms with Crippen LogP contribution in [0.15, 0.2) is 249 Å². The summed E-state index contributed by atoms with van der Waals surface area (Å²) < 4.78 is 2.43. The lowest BCUT2D eigenvalue weighted by atomic mass is 9.70. The van der Waals surface area contributed by atoms with Gasteiger partial charge in [-0.1, -0.05) is 206 Å². The van der Waals surface area contributed by atoms with E-state index in [1.54, 1.807) is 0 Å². The van der Waals surface area contributed by atoms with Crippen molar-refractivity contribution >= 4 is 49.6 Å². The fraction of sp³-hybridized carbons (Fsp3) is 0.0588. The van der Waals surface area contributed by atoms with Gasteiger partial charge in [0.05, 0.1) is 27.8 Å². The van der Waals surface area contributed by atoms with Crippen LogP contribution < -0.4 is 4.90 Å². The Morgan fingerprint density at radius 2 is 0.829 bits per heavy atom. The number of benzene rings is 11. The average molecular weight is 895 g/mol. The van der Waals surface area contributed by atoms with Gasteiger partial charge in [-0.25, -0.2) is 0 Å². The van der Waals surface area contributed by atoms with E-state index in [2.05, 4.69) is 279 Å². The standard InChI is InChI=1S/C57H40N2.C11H10/c1-37-18-6-7-22-41(37)55-38(2)19-16-32-52(55)59(40-34-35-45-44-25-11-15-31-51(44)58(54(45)36-40)39-20-4-3-5-21-39)53-33-17-30-50-56(53)46-26-10-14-29-49(46)57(50)47-27-12-8-23-42(47)43-24-9-13-28-48(43)57;1-9-5-4-7-10-6-2-3-8-11(9)10/h3-36H,1-2H3;2-8H,1H3. The summed E-state index contributed by atoms with van der Waals surface area (Å²) in [5.41, 5.74) is 23.4. The molecule has 1 aromatic heterocycles. The third-order valence-corrected chi connectivity index (χ3v) is 15.1. The summed E-state index contributed by atoms with van der Waals surface area (Å²) in [6.45, 7) is 6.63. The predicted octanol–water partition coefficient (Wildman–Crippen LogP) is 18.0. The van der Waals surface area contributed by atoms with Crippen molar-refractivity contribution in [1.29, 1.82) is 0 Å². The van der Waals surface area contributed by atoms with Gasteiger partial charge in [-0.3, -0.25) is 0 Å². The Morgan fingerprint density at radius 3 is 1.56 bits per heavy atom. The molecule has 0 radical (unpaired) electrons. The first-order valence-electron chi connectivity index (χ1n) is 24.4. The smallest absolute Gasteiger partial charge is 0.0726 e. The first kappa shape index (κ1) is 41.5. The Morgan fingerprint density at radius 1 is 0.329 bits per heavy atom. The number of hydrogen-bond acceptors (Lipinski definition) is 1. The maximum atomic E-state index is 2.56. The molecule has 14 rings (SSSR count). The second-order valence-electron chi connectivity index (χ2n) is 18.9. The fourth-order valence-corrected chi connectivity index (χ4v) is 12.1. The van der Waals surface area contributed by atoms with Gasteiger partial charge in [0, 0.05) is 33.3 Å². The van der Waals surface area contributed by atoms with Crippen LogP contribution >= 0.6 is 0 Å². The molecule has 12 aromatic rings. The summed E-state index contributed by atoms with van der Waals surface area (Å²) in [5, 5.41) is 5.16. The van der Waals surface area contributed by atoms with Gasteiger partial charge in [0.25, 0.3) is 0 Å². The van der Waals surface area contributed by atoms with Crippen molar-refractivity contribution in [2.45, 2.75) is 26.2 Å². The predicted molar refractivity (Wildman–Crippen MR) is 295 cm³/mol. The third-order valence-electron chi connectivity index (χ3n) is 15.1. The Hall–Kier alpha value is -8.72. The van der Waals surface area contributed by atoms with Crippen molar-refractivity contribution in [1.82, 2.24) is 4.57 Å². The van der Waals surface area contributed by atoms with Crippen LogP contribution in [0.3, 0.4) is 0 Å². The Kier molecular flexibility index (Phi) is 9.78. The van der Waals surface area contributed by atoms with E-state index in [0.717, 1.165) is 22.7 Å². The minimum atomic E-state index is -0.448. The van der Waals surface area contributed by atoms with Crippen molar-refractivity contribution in [3.63, 3.8) is 0 Å². The highest BCUT2D eigenvalue weighted by atomic mass is 15.2. The molecule has 2 aliphatic carbocycles. The van der Waals surface area contributed by atoms with Gasteiger partial charge < -0.3 is 9.47 Å². The fourth-order valence-electron chi connectivity index (χ4n) is 12.1. The minimum Gasteiger partial charge on any atom is -0.309 e. The van der Waals surface area contributed by atoms with Gasteiger partial charge in [-0.2, -0.15) is 0 Å². The Labute approximate surface area is 410 Å². The van der Waals surface area contributed by atoms with Crippen LogP contribution in [0.5, 0.6) is 0 Å². The normalized spacial score (nSPS) is 12.6. The lowest BCUT2D eigenvalue weighted by Crippen LogP contribution is -2.26. The average Bonchev–Trinajstić information content (AvgIpc) is 4.02. The highest BCUT2D eigenvalue weighted by Crippen LogP contribution is 2.65. The zero-order valence-corrected chi connectivity index (χ0v) is 39.6. The van der Waals surface area contributed by atoms with Crippen LogP contribution in [-0.2, 0) is 5.41 Å². The number of anilines is 3. The number of para-hydroxylation sites is 2. The van der Waals surface area contributed by atoms with Crippen molar-refractivity contribution in [3.8, 4) is 39.1 Å². The van der Waals surface area contributed by atoms with Crippen LogP contribution in [-0.4, -0.2) is 4.57 Å². The molecule has 0 bridgehead atoms. The summed E-state index contributed by atoms with van der Waals surface area (Å²) in [4.78, 5) is 2.56. The Balaban J connectivity index is 0.000000385. The zero-order chi connectivity index (χ0) is 46.9. The highest BCUT2D eigenvalue weighted by Gasteiger charge is 2.52. The van der Waals surface area contributed by atoms with Gasteiger partial charge in [0.1, 0.15) is 0 Å². The van der Waals surface area contributed by atoms with Crippen molar-refractivity contribution in [2.24, 2.45) is 0 Å². The molecule has 2 heteroatoms. The largest absolute Gasteiger partial charge is 0.309 e. The monoisotopic (exact) mass is 894 g/mol. The summed E-state index contributed by atoms with van der Waals surface area (Å²) in [6, 6.07) is 91.5. The van der Waals surface area contributed by atoms with Gasteiger partial charge in [-0.05, 0) is 135 Å². The summed E-state index contributed by atoms with van der Waals surface area (Å²) in [6.07, 6.45) is 0. The number of rotatable bonds is 5. The Bertz CT molecular complexity index is 3950. The molecule has 0 N–H and O–H groups in total. The van der Waals surface area contributed by atoms with E-state index in [9.17, 15) is 0 Å². The maximum absolute atomic E-state index is 2.56.